The van der Waals surface area contributed by atoms with E-state index >= 15 is 0 Å². The molecule has 3 aromatic rings. The van der Waals surface area contributed by atoms with Crippen LogP contribution in [0.4, 0.5) is 5.82 Å². The van der Waals surface area contributed by atoms with Crippen LogP contribution >= 0.6 is 0 Å². The predicted molar refractivity (Wildman–Crippen MR) is 103 cm³/mol. The number of nitrogens with zero attached hydrogens (tertiary/aromatic N) is 4. The maximum Gasteiger partial charge on any atom is 0.256 e. The lowest BCUT2D eigenvalue weighted by Crippen LogP contribution is -2.37. The molecule has 1 aliphatic carbocycles. The smallest absolute Gasteiger partial charge is 0.256 e. The topological polar surface area (TPSA) is 101 Å². The second-order valence-corrected chi connectivity index (χ2v) is 6.99. The summed E-state index contributed by atoms with van der Waals surface area (Å²) in [7, 11) is 0. The third-order valence-corrected chi connectivity index (χ3v) is 5.04. The first-order valence-corrected chi connectivity index (χ1v) is 9.38. The van der Waals surface area contributed by atoms with Gasteiger partial charge in [0.1, 0.15) is 11.4 Å². The van der Waals surface area contributed by atoms with Crippen LogP contribution in [0.15, 0.2) is 43.0 Å². The van der Waals surface area contributed by atoms with Crippen molar-refractivity contribution < 1.29 is 9.59 Å². The molecule has 1 radical (unpaired) electrons. The van der Waals surface area contributed by atoms with E-state index in [0.29, 0.717) is 23.6 Å². The number of carbonyl (C=O) groups excluding carboxylic acids is 2. The maximum atomic E-state index is 12.7. The average molecular weight is 377 g/mol. The normalized spacial score (nSPS) is 19.3. The second kappa shape index (κ2) is 8.16. The summed E-state index contributed by atoms with van der Waals surface area (Å²) in [6, 6.07) is 5.75. The van der Waals surface area contributed by atoms with Gasteiger partial charge in [0, 0.05) is 37.1 Å². The Balaban J connectivity index is 1.45. The summed E-state index contributed by atoms with van der Waals surface area (Å²) in [5, 5.41) is 10.5. The summed E-state index contributed by atoms with van der Waals surface area (Å²) < 4.78 is 1.59. The molecule has 0 bridgehead atoms. The molecular weight excluding hydrogens is 356 g/mol. The molecule has 143 valence electrons. The molecule has 0 atom stereocenters. The molecule has 3 aromatic heterocycles. The Morgan fingerprint density at radius 3 is 2.82 bits per heavy atom. The van der Waals surface area contributed by atoms with E-state index < -0.39 is 0 Å². The molecule has 0 aliphatic heterocycles. The van der Waals surface area contributed by atoms with Gasteiger partial charge in [-0.15, -0.1) is 0 Å². The lowest BCUT2D eigenvalue weighted by Gasteiger charge is -2.25. The van der Waals surface area contributed by atoms with Crippen LogP contribution in [0, 0.1) is 5.92 Å². The zero-order valence-electron chi connectivity index (χ0n) is 15.3. The van der Waals surface area contributed by atoms with Crippen molar-refractivity contribution in [3.05, 3.63) is 54.1 Å². The van der Waals surface area contributed by atoms with Crippen LogP contribution in [0.3, 0.4) is 0 Å². The monoisotopic (exact) mass is 377 g/mol. The molecule has 0 spiro atoms. The van der Waals surface area contributed by atoms with Crippen LogP contribution in [0.5, 0.6) is 0 Å². The predicted octanol–water partition coefficient (Wildman–Crippen LogP) is 2.13. The number of anilines is 1. The molecule has 1 fully saturated rings. The summed E-state index contributed by atoms with van der Waals surface area (Å²) in [4.78, 5) is 32.1. The van der Waals surface area contributed by atoms with Crippen molar-refractivity contribution in [2.24, 2.45) is 5.92 Å². The molecule has 3 heterocycles. The van der Waals surface area contributed by atoms with Gasteiger partial charge in [-0.2, -0.15) is 5.10 Å². The fourth-order valence-electron chi connectivity index (χ4n) is 3.44. The Morgan fingerprint density at radius 2 is 2.07 bits per heavy atom. The molecule has 1 amide bonds. The van der Waals surface area contributed by atoms with Gasteiger partial charge in [0.15, 0.2) is 5.65 Å². The highest BCUT2D eigenvalue weighted by atomic mass is 16.1. The van der Waals surface area contributed by atoms with Gasteiger partial charge in [-0.05, 0) is 43.4 Å². The van der Waals surface area contributed by atoms with Gasteiger partial charge in [0.25, 0.3) is 5.91 Å². The Kier molecular flexibility index (Phi) is 5.27. The zero-order valence-corrected chi connectivity index (χ0v) is 15.3. The van der Waals surface area contributed by atoms with Crippen LogP contribution in [0.1, 0.15) is 41.6 Å². The van der Waals surface area contributed by atoms with E-state index in [1.54, 1.807) is 23.1 Å². The lowest BCUT2D eigenvalue weighted by atomic mass is 9.87. The molecule has 0 unspecified atom stereocenters. The number of amides is 1. The lowest BCUT2D eigenvalue weighted by molar-refractivity contribution is 0.0927. The fraction of sp³-hybridized carbons (Fsp3) is 0.350. The Bertz CT molecular complexity index is 963. The van der Waals surface area contributed by atoms with Crippen molar-refractivity contribution in [2.45, 2.75) is 38.3 Å². The van der Waals surface area contributed by atoms with Crippen molar-refractivity contribution in [3.8, 4) is 0 Å². The Morgan fingerprint density at radius 1 is 1.21 bits per heavy atom. The molecule has 2 N–H and O–H groups in total. The molecule has 8 heteroatoms. The third kappa shape index (κ3) is 4.00. The van der Waals surface area contributed by atoms with E-state index in [4.69, 9.17) is 0 Å². The van der Waals surface area contributed by atoms with Crippen molar-refractivity contribution in [1.29, 1.82) is 0 Å². The second-order valence-electron chi connectivity index (χ2n) is 6.99. The Hall–Kier alpha value is -3.29. The minimum atomic E-state index is -0.189. The number of carbonyl (C=O) groups is 1. The summed E-state index contributed by atoms with van der Waals surface area (Å²) in [6.45, 7) is 0.587. The number of hydrogen-bond donors (Lipinski definition) is 2. The standard InChI is InChI=1S/C20H21N6O2/c27-13-14-3-5-16(6-4-14)24-20(28)17-12-23-26-9-7-18(25-19(17)26)22-11-15-2-1-8-21-10-15/h1-2,7-10,12,14,16H,3-6,11H2,(H,22,25)(H,24,28). The number of aromatic nitrogens is 4. The fourth-order valence-corrected chi connectivity index (χ4v) is 3.44. The van der Waals surface area contributed by atoms with Gasteiger partial charge < -0.3 is 10.6 Å². The number of rotatable bonds is 6. The zero-order chi connectivity index (χ0) is 19.3. The minimum absolute atomic E-state index is 0.000225. The van der Waals surface area contributed by atoms with E-state index in [1.165, 1.54) is 6.20 Å². The van der Waals surface area contributed by atoms with Gasteiger partial charge in [-0.1, -0.05) is 6.07 Å². The van der Waals surface area contributed by atoms with Crippen LogP contribution < -0.4 is 10.6 Å². The van der Waals surface area contributed by atoms with Crippen molar-refractivity contribution in [3.63, 3.8) is 0 Å². The highest BCUT2D eigenvalue weighted by molar-refractivity contribution is 5.99. The summed E-state index contributed by atoms with van der Waals surface area (Å²) in [5.41, 5.74) is 1.98. The third-order valence-electron chi connectivity index (χ3n) is 5.04. The van der Waals surface area contributed by atoms with Gasteiger partial charge >= 0.3 is 0 Å². The van der Waals surface area contributed by atoms with E-state index in [9.17, 15) is 9.59 Å². The SMILES string of the molecule is O=[C]C1CCC(NC(=O)c2cnn3ccc(NCc4cccnc4)nc23)CC1. The maximum absolute atomic E-state index is 12.7. The number of hydrogen-bond acceptors (Lipinski definition) is 6. The largest absolute Gasteiger partial charge is 0.366 e. The molecule has 8 nitrogen and oxygen atoms in total. The van der Waals surface area contributed by atoms with E-state index in [0.717, 1.165) is 31.2 Å². The van der Waals surface area contributed by atoms with Crippen LogP contribution in [-0.2, 0) is 11.3 Å². The highest BCUT2D eigenvalue weighted by Crippen LogP contribution is 2.23. The van der Waals surface area contributed by atoms with Crippen LogP contribution in [0.25, 0.3) is 5.65 Å². The van der Waals surface area contributed by atoms with Gasteiger partial charge in [-0.3, -0.25) is 14.6 Å². The first-order chi connectivity index (χ1) is 13.7. The van der Waals surface area contributed by atoms with Crippen molar-refractivity contribution in [2.75, 3.05) is 5.32 Å². The quantitative estimate of drug-likeness (QED) is 0.682. The molecule has 0 aromatic carbocycles. The van der Waals surface area contributed by atoms with Crippen LogP contribution in [0.2, 0.25) is 0 Å². The molecule has 0 saturated heterocycles. The first kappa shape index (κ1) is 18.1. The number of nitrogens with one attached hydrogen (secondary N) is 2. The van der Waals surface area contributed by atoms with Gasteiger partial charge in [0.05, 0.1) is 6.20 Å². The molecule has 4 rings (SSSR count). The number of fused-ring (bicyclic) bond motifs is 1. The summed E-state index contributed by atoms with van der Waals surface area (Å²) in [6.07, 6.45) is 12.0. The summed E-state index contributed by atoms with van der Waals surface area (Å²) >= 11 is 0. The molecule has 1 aliphatic rings. The summed E-state index contributed by atoms with van der Waals surface area (Å²) in [5.74, 6) is 0.471. The van der Waals surface area contributed by atoms with Crippen molar-refractivity contribution >= 4 is 23.7 Å². The van der Waals surface area contributed by atoms with E-state index in [1.807, 2.05) is 18.2 Å². The first-order valence-electron chi connectivity index (χ1n) is 9.38. The molecular formula is C20H21N6O2. The number of pyridine rings is 1. The van der Waals surface area contributed by atoms with Gasteiger partial charge in [-0.25, -0.2) is 9.50 Å². The average Bonchev–Trinajstić information content (AvgIpc) is 3.17. The molecule has 28 heavy (non-hydrogen) atoms. The minimum Gasteiger partial charge on any atom is -0.366 e. The highest BCUT2D eigenvalue weighted by Gasteiger charge is 2.24. The van der Waals surface area contributed by atoms with Crippen molar-refractivity contribution in [1.82, 2.24) is 24.9 Å². The van der Waals surface area contributed by atoms with E-state index in [2.05, 4.69) is 32.0 Å². The van der Waals surface area contributed by atoms with E-state index in [-0.39, 0.29) is 17.9 Å². The van der Waals surface area contributed by atoms with Crippen LogP contribution in [-0.4, -0.2) is 37.8 Å². The molecule has 1 saturated carbocycles. The Labute approximate surface area is 162 Å². The van der Waals surface area contributed by atoms with Gasteiger partial charge in [0.2, 0.25) is 6.29 Å².